The number of rotatable bonds is 4. The van der Waals surface area contributed by atoms with Crippen LogP contribution in [0, 0.1) is 5.92 Å². The summed E-state index contributed by atoms with van der Waals surface area (Å²) in [5, 5.41) is 15.2. The molecule has 1 atom stereocenters. The molecule has 4 heteroatoms. The molecule has 1 unspecified atom stereocenters. The lowest BCUT2D eigenvalue weighted by Gasteiger charge is -2.20. The molecule has 112 valence electrons. The van der Waals surface area contributed by atoms with Crippen molar-refractivity contribution < 1.29 is 5.11 Å². The molecule has 1 saturated heterocycles. The fraction of sp³-hybridized carbons (Fsp3) is 0.471. The van der Waals surface area contributed by atoms with Crippen molar-refractivity contribution in [3.63, 3.8) is 0 Å². The van der Waals surface area contributed by atoms with Gasteiger partial charge < -0.3 is 15.3 Å². The van der Waals surface area contributed by atoms with E-state index < -0.39 is 0 Å². The monoisotopic (exact) mass is 285 g/mol. The predicted octanol–water partition coefficient (Wildman–Crippen LogP) is 3.08. The second-order valence-electron chi connectivity index (χ2n) is 6.19. The van der Waals surface area contributed by atoms with Crippen LogP contribution >= 0.6 is 0 Å². The molecule has 1 fully saturated rings. The molecule has 2 heterocycles. The number of nitrogens with zero attached hydrogens (tertiary/aromatic N) is 2. The zero-order valence-corrected chi connectivity index (χ0v) is 12.7. The van der Waals surface area contributed by atoms with E-state index in [-0.39, 0.29) is 5.75 Å². The highest BCUT2D eigenvalue weighted by atomic mass is 16.3. The van der Waals surface area contributed by atoms with E-state index in [2.05, 4.69) is 29.0 Å². The molecule has 2 aromatic rings. The molecule has 0 amide bonds. The highest BCUT2D eigenvalue weighted by Gasteiger charge is 2.23. The third kappa shape index (κ3) is 3.10. The first-order chi connectivity index (χ1) is 10.1. The number of hydrogen-bond donors (Lipinski definition) is 2. The van der Waals surface area contributed by atoms with Gasteiger partial charge in [0.2, 0.25) is 0 Å². The minimum atomic E-state index is 0.283. The second kappa shape index (κ2) is 5.90. The highest BCUT2D eigenvalue weighted by molar-refractivity contribution is 5.92. The lowest BCUT2D eigenvalue weighted by atomic mass is 10.1. The van der Waals surface area contributed by atoms with E-state index in [1.165, 1.54) is 13.0 Å². The lowest BCUT2D eigenvalue weighted by Crippen LogP contribution is -2.29. The van der Waals surface area contributed by atoms with Gasteiger partial charge in [0.1, 0.15) is 11.6 Å². The fourth-order valence-electron chi connectivity index (χ4n) is 3.04. The first-order valence-electron chi connectivity index (χ1n) is 7.69. The quantitative estimate of drug-likeness (QED) is 0.906. The van der Waals surface area contributed by atoms with Gasteiger partial charge in [-0.2, -0.15) is 0 Å². The summed E-state index contributed by atoms with van der Waals surface area (Å²) in [6.45, 7) is 7.79. The number of fused-ring (bicyclic) bond motifs is 1. The summed E-state index contributed by atoms with van der Waals surface area (Å²) in [5.74, 6) is 1.82. The molecule has 4 nitrogen and oxygen atoms in total. The van der Waals surface area contributed by atoms with E-state index in [0.717, 1.165) is 29.7 Å². The van der Waals surface area contributed by atoms with Crippen LogP contribution in [-0.2, 0) is 0 Å². The number of aromatic hydroxyl groups is 1. The number of benzene rings is 1. The number of pyridine rings is 1. The van der Waals surface area contributed by atoms with Gasteiger partial charge in [-0.25, -0.2) is 4.98 Å². The van der Waals surface area contributed by atoms with Gasteiger partial charge in [-0.1, -0.05) is 6.07 Å². The summed E-state index contributed by atoms with van der Waals surface area (Å²) in [6.07, 6.45) is 3.05. The van der Waals surface area contributed by atoms with Crippen LogP contribution in [0.3, 0.4) is 0 Å². The summed E-state index contributed by atoms with van der Waals surface area (Å²) in [4.78, 5) is 6.95. The molecule has 0 aliphatic carbocycles. The Labute approximate surface area is 125 Å². The number of anilines is 1. The molecule has 1 aliphatic heterocycles. The molecule has 2 N–H and O–H groups in total. The van der Waals surface area contributed by atoms with E-state index >= 15 is 0 Å². The van der Waals surface area contributed by atoms with Crippen molar-refractivity contribution in [1.29, 1.82) is 0 Å². The van der Waals surface area contributed by atoms with Gasteiger partial charge in [-0.05, 0) is 56.3 Å². The second-order valence-corrected chi connectivity index (χ2v) is 6.19. The third-order valence-corrected chi connectivity index (χ3v) is 4.36. The van der Waals surface area contributed by atoms with E-state index in [1.54, 1.807) is 12.1 Å². The maximum atomic E-state index is 9.67. The Morgan fingerprint density at radius 2 is 2.24 bits per heavy atom. The van der Waals surface area contributed by atoms with Crippen LogP contribution in [0.1, 0.15) is 20.3 Å². The van der Waals surface area contributed by atoms with Crippen LogP contribution in [0.5, 0.6) is 5.75 Å². The van der Waals surface area contributed by atoms with E-state index in [9.17, 15) is 5.11 Å². The van der Waals surface area contributed by atoms with E-state index in [1.807, 2.05) is 18.3 Å². The lowest BCUT2D eigenvalue weighted by molar-refractivity contribution is 0.266. The normalized spacial score (nSPS) is 19.5. The van der Waals surface area contributed by atoms with Crippen molar-refractivity contribution in [1.82, 2.24) is 9.88 Å². The fourth-order valence-corrected chi connectivity index (χ4v) is 3.04. The van der Waals surface area contributed by atoms with Crippen molar-refractivity contribution in [2.24, 2.45) is 5.92 Å². The Bertz CT molecular complexity index is 626. The average Bonchev–Trinajstić information content (AvgIpc) is 2.94. The number of aromatic nitrogens is 1. The molecular formula is C17H23N3O. The molecule has 1 aromatic heterocycles. The maximum absolute atomic E-state index is 9.67. The average molecular weight is 285 g/mol. The van der Waals surface area contributed by atoms with Gasteiger partial charge in [-0.3, -0.25) is 0 Å². The Hall–Kier alpha value is -1.81. The zero-order valence-electron chi connectivity index (χ0n) is 12.7. The van der Waals surface area contributed by atoms with Crippen molar-refractivity contribution in [3.05, 3.63) is 30.5 Å². The smallest absolute Gasteiger partial charge is 0.133 e. The maximum Gasteiger partial charge on any atom is 0.133 e. The van der Waals surface area contributed by atoms with Gasteiger partial charge in [-0.15, -0.1) is 0 Å². The Kier molecular flexibility index (Phi) is 3.97. The molecule has 21 heavy (non-hydrogen) atoms. The molecule has 0 bridgehead atoms. The summed E-state index contributed by atoms with van der Waals surface area (Å²) >= 11 is 0. The first kappa shape index (κ1) is 14.1. The molecule has 0 spiro atoms. The van der Waals surface area contributed by atoms with Gasteiger partial charge in [0.05, 0.1) is 0 Å². The topological polar surface area (TPSA) is 48.4 Å². The Morgan fingerprint density at radius 1 is 1.38 bits per heavy atom. The van der Waals surface area contributed by atoms with E-state index in [4.69, 9.17) is 0 Å². The van der Waals surface area contributed by atoms with Crippen LogP contribution < -0.4 is 5.32 Å². The third-order valence-electron chi connectivity index (χ3n) is 4.36. The number of phenolic OH excluding ortho intramolecular Hbond substituents is 1. The Balaban J connectivity index is 1.70. The number of hydrogen-bond acceptors (Lipinski definition) is 4. The van der Waals surface area contributed by atoms with Gasteiger partial charge in [0.25, 0.3) is 0 Å². The van der Waals surface area contributed by atoms with Crippen molar-refractivity contribution >= 4 is 16.6 Å². The van der Waals surface area contributed by atoms with E-state index in [0.29, 0.717) is 12.0 Å². The zero-order chi connectivity index (χ0) is 14.8. The SMILES string of the molecule is CC(C)N1CCC(CNc2nccc3ccc(O)cc23)C1. The number of likely N-dealkylation sites (tertiary alicyclic amines) is 1. The molecule has 0 saturated carbocycles. The Morgan fingerprint density at radius 3 is 3.00 bits per heavy atom. The molecule has 3 rings (SSSR count). The van der Waals surface area contributed by atoms with Crippen molar-refractivity contribution in [3.8, 4) is 5.75 Å². The minimum absolute atomic E-state index is 0.283. The van der Waals surface area contributed by atoms with Crippen LogP contribution in [0.2, 0.25) is 0 Å². The first-order valence-corrected chi connectivity index (χ1v) is 7.69. The molecule has 1 aliphatic rings. The standard InChI is InChI=1S/C17H23N3O/c1-12(2)20-8-6-13(11-20)10-19-17-16-9-15(21)4-3-14(16)5-7-18-17/h3-5,7,9,12-13,21H,6,8,10-11H2,1-2H3,(H,18,19). The summed E-state index contributed by atoms with van der Waals surface area (Å²) in [7, 11) is 0. The van der Waals surface area contributed by atoms with Gasteiger partial charge >= 0.3 is 0 Å². The summed E-state index contributed by atoms with van der Waals surface area (Å²) < 4.78 is 0. The highest BCUT2D eigenvalue weighted by Crippen LogP contribution is 2.26. The van der Waals surface area contributed by atoms with Crippen molar-refractivity contribution in [2.45, 2.75) is 26.3 Å². The largest absolute Gasteiger partial charge is 0.508 e. The predicted molar refractivity (Wildman–Crippen MR) is 86.7 cm³/mol. The summed E-state index contributed by atoms with van der Waals surface area (Å²) in [6, 6.07) is 8.01. The molecule has 1 aromatic carbocycles. The van der Waals surface area contributed by atoms with Gasteiger partial charge in [0, 0.05) is 30.7 Å². The molecule has 0 radical (unpaired) electrons. The number of phenols is 1. The number of nitrogens with one attached hydrogen (secondary N) is 1. The van der Waals surface area contributed by atoms with Crippen LogP contribution in [0.25, 0.3) is 10.8 Å². The van der Waals surface area contributed by atoms with Crippen LogP contribution in [0.15, 0.2) is 30.5 Å². The minimum Gasteiger partial charge on any atom is -0.508 e. The molecular weight excluding hydrogens is 262 g/mol. The van der Waals surface area contributed by atoms with Crippen LogP contribution in [0.4, 0.5) is 5.82 Å². The van der Waals surface area contributed by atoms with Crippen molar-refractivity contribution in [2.75, 3.05) is 25.0 Å². The van der Waals surface area contributed by atoms with Gasteiger partial charge in [0.15, 0.2) is 0 Å². The van der Waals surface area contributed by atoms with Crippen LogP contribution in [-0.4, -0.2) is 40.7 Å². The summed E-state index contributed by atoms with van der Waals surface area (Å²) in [5.41, 5.74) is 0.